The van der Waals surface area contributed by atoms with Crippen LogP contribution in [0.2, 0.25) is 0 Å². The molecule has 0 spiro atoms. The molecule has 5 heteroatoms. The average molecular weight is 837 g/mol. The third kappa shape index (κ3) is 12.9. The van der Waals surface area contributed by atoms with Crippen molar-refractivity contribution < 1.29 is 9.47 Å². The second-order valence-corrected chi connectivity index (χ2v) is 19.2. The van der Waals surface area contributed by atoms with Crippen molar-refractivity contribution in [1.82, 2.24) is 0 Å². The Hall–Kier alpha value is -4.19. The van der Waals surface area contributed by atoms with Crippen molar-refractivity contribution >= 4 is 11.8 Å². The lowest BCUT2D eigenvalue weighted by Gasteiger charge is -2.29. The number of unbranched alkanes of at least 4 members (excludes halogenated alkanes) is 4. The molecule has 4 nitrogen and oxygen atoms in total. The molecule has 2 aliphatic carbocycles. The Morgan fingerprint density at radius 1 is 0.492 bits per heavy atom. The third-order valence-corrected chi connectivity index (χ3v) is 14.8. The van der Waals surface area contributed by atoms with E-state index in [2.05, 4.69) is 88.4 Å². The molecule has 0 aliphatic heterocycles. The Kier molecular flexibility index (Phi) is 18.6. The van der Waals surface area contributed by atoms with E-state index in [1.54, 1.807) is 0 Å². The maximum absolute atomic E-state index is 10.8. The second-order valence-electron chi connectivity index (χ2n) is 18.1. The van der Waals surface area contributed by atoms with Crippen LogP contribution < -0.4 is 9.47 Å². The predicted octanol–water partition coefficient (Wildman–Crippen LogP) is 16.0. The van der Waals surface area contributed by atoms with Gasteiger partial charge in [-0.15, -0.1) is 0 Å². The van der Waals surface area contributed by atoms with E-state index in [0.717, 1.165) is 69.9 Å². The quantitative estimate of drug-likeness (QED) is 0.0738. The SMILES string of the molecule is CCCCOc1ccc(Sc2ccc(OCCCC)c(Cc3ccc(C4CCC(CCCC)CC4)cc3)c2C#N)c(C#N)c1Cc1ccc(C2CCC(CCCC)CC2)cc1. The van der Waals surface area contributed by atoms with Gasteiger partial charge in [0.25, 0.3) is 0 Å². The van der Waals surface area contributed by atoms with E-state index in [4.69, 9.17) is 9.47 Å². The van der Waals surface area contributed by atoms with Gasteiger partial charge >= 0.3 is 0 Å². The van der Waals surface area contributed by atoms with Crippen molar-refractivity contribution in [3.63, 3.8) is 0 Å². The zero-order valence-electron chi connectivity index (χ0n) is 37.9. The van der Waals surface area contributed by atoms with Gasteiger partial charge in [0.1, 0.15) is 23.6 Å². The van der Waals surface area contributed by atoms with Crippen LogP contribution in [0, 0.1) is 34.5 Å². The molecule has 0 unspecified atom stereocenters. The topological polar surface area (TPSA) is 66.0 Å². The molecule has 0 aromatic heterocycles. The first-order chi connectivity index (χ1) is 30.0. The fourth-order valence-electron chi connectivity index (χ4n) is 9.80. The van der Waals surface area contributed by atoms with Gasteiger partial charge in [0, 0.05) is 33.8 Å². The first-order valence-corrected chi connectivity index (χ1v) is 25.0. The standard InChI is InChI=1S/C56H72N2O2S/c1-5-9-13-41-15-23-45(24-16-41)47-27-19-43(20-28-47)37-49-51(39-57)55(33-31-53(49)59-35-11-7-3)61-56-34-32-54(60-36-12-8-4)50(52(56)40-58)38-44-21-29-48(30-22-44)46-25-17-42(18-26-46)14-10-6-2/h19-22,27-34,41-42,45-46H,5-18,23-26,35-38H2,1-4H3. The number of ether oxygens (including phenoxy) is 2. The lowest BCUT2D eigenvalue weighted by molar-refractivity contribution is 0.304. The third-order valence-electron chi connectivity index (χ3n) is 13.7. The molecule has 4 aromatic carbocycles. The van der Waals surface area contributed by atoms with Gasteiger partial charge in [-0.25, -0.2) is 0 Å². The number of nitrogens with zero attached hydrogens (tertiary/aromatic N) is 2. The molecule has 0 amide bonds. The lowest BCUT2D eigenvalue weighted by Crippen LogP contribution is -2.13. The summed E-state index contributed by atoms with van der Waals surface area (Å²) in [6.45, 7) is 10.2. The molecule has 2 aliphatic rings. The molecule has 0 bridgehead atoms. The van der Waals surface area contributed by atoms with Crippen LogP contribution in [-0.2, 0) is 12.8 Å². The summed E-state index contributed by atoms with van der Waals surface area (Å²) >= 11 is 1.51. The molecule has 4 aromatic rings. The molecule has 2 fully saturated rings. The number of hydrogen-bond acceptors (Lipinski definition) is 5. The minimum absolute atomic E-state index is 0.611. The van der Waals surface area contributed by atoms with E-state index in [1.807, 2.05) is 24.3 Å². The van der Waals surface area contributed by atoms with Gasteiger partial charge in [-0.05, 0) is 134 Å². The number of hydrogen-bond donors (Lipinski definition) is 0. The summed E-state index contributed by atoms with van der Waals surface area (Å²) in [4.78, 5) is 1.68. The highest BCUT2D eigenvalue weighted by atomic mass is 32.2. The summed E-state index contributed by atoms with van der Waals surface area (Å²) in [5.74, 6) is 4.63. The first-order valence-electron chi connectivity index (χ1n) is 24.2. The van der Waals surface area contributed by atoms with E-state index in [0.29, 0.717) is 49.0 Å². The molecule has 2 saturated carbocycles. The Bertz CT molecular complexity index is 1880. The molecular weight excluding hydrogens is 765 g/mol. The number of nitriles is 2. The van der Waals surface area contributed by atoms with Crippen LogP contribution >= 0.6 is 11.8 Å². The van der Waals surface area contributed by atoms with Crippen molar-refractivity contribution in [2.45, 2.75) is 178 Å². The van der Waals surface area contributed by atoms with Crippen LogP contribution in [0.4, 0.5) is 0 Å². The summed E-state index contributed by atoms with van der Waals surface area (Å²) in [5, 5.41) is 21.7. The molecule has 0 N–H and O–H groups in total. The highest BCUT2D eigenvalue weighted by Crippen LogP contribution is 2.43. The van der Waals surface area contributed by atoms with Crippen LogP contribution in [0.3, 0.4) is 0 Å². The lowest BCUT2D eigenvalue weighted by atomic mass is 9.77. The monoisotopic (exact) mass is 837 g/mol. The molecular formula is C56H72N2O2S. The average Bonchev–Trinajstić information content (AvgIpc) is 3.30. The van der Waals surface area contributed by atoms with Crippen molar-refractivity contribution in [3.05, 3.63) is 117 Å². The number of rotatable bonds is 22. The van der Waals surface area contributed by atoms with Gasteiger partial charge in [0.15, 0.2) is 0 Å². The van der Waals surface area contributed by atoms with Gasteiger partial charge in [-0.2, -0.15) is 10.5 Å². The van der Waals surface area contributed by atoms with E-state index in [-0.39, 0.29) is 0 Å². The van der Waals surface area contributed by atoms with Crippen LogP contribution in [0.5, 0.6) is 11.5 Å². The molecule has 61 heavy (non-hydrogen) atoms. The number of benzene rings is 4. The Labute approximate surface area is 373 Å². The smallest absolute Gasteiger partial charge is 0.124 e. The molecule has 324 valence electrons. The van der Waals surface area contributed by atoms with Gasteiger partial charge in [-0.3, -0.25) is 0 Å². The summed E-state index contributed by atoms with van der Waals surface area (Å²) in [6.07, 6.45) is 23.8. The maximum atomic E-state index is 10.8. The van der Waals surface area contributed by atoms with Crippen molar-refractivity contribution in [2.24, 2.45) is 11.8 Å². The van der Waals surface area contributed by atoms with Gasteiger partial charge in [-0.1, -0.05) is 139 Å². The zero-order chi connectivity index (χ0) is 42.8. The van der Waals surface area contributed by atoms with E-state index in [1.165, 1.54) is 124 Å². The highest BCUT2D eigenvalue weighted by Gasteiger charge is 2.25. The molecule has 0 saturated heterocycles. The summed E-state index contributed by atoms with van der Waals surface area (Å²) in [6, 6.07) is 31.6. The van der Waals surface area contributed by atoms with Crippen LogP contribution in [-0.4, -0.2) is 13.2 Å². The van der Waals surface area contributed by atoms with E-state index >= 15 is 0 Å². The maximum Gasteiger partial charge on any atom is 0.124 e. The van der Waals surface area contributed by atoms with Crippen molar-refractivity contribution in [2.75, 3.05) is 13.2 Å². The fraction of sp³-hybridized carbons (Fsp3) is 0.536. The molecule has 0 atom stereocenters. The zero-order valence-corrected chi connectivity index (χ0v) is 38.7. The van der Waals surface area contributed by atoms with E-state index < -0.39 is 0 Å². The van der Waals surface area contributed by atoms with Crippen molar-refractivity contribution in [3.8, 4) is 23.6 Å². The second kappa shape index (κ2) is 24.4. The fourth-order valence-corrected chi connectivity index (χ4v) is 10.9. The highest BCUT2D eigenvalue weighted by molar-refractivity contribution is 7.99. The largest absolute Gasteiger partial charge is 0.493 e. The Morgan fingerprint density at radius 2 is 0.869 bits per heavy atom. The molecule has 0 heterocycles. The predicted molar refractivity (Wildman–Crippen MR) is 254 cm³/mol. The summed E-state index contributed by atoms with van der Waals surface area (Å²) in [7, 11) is 0. The summed E-state index contributed by atoms with van der Waals surface area (Å²) < 4.78 is 12.8. The minimum atomic E-state index is 0.611. The van der Waals surface area contributed by atoms with Crippen LogP contribution in [0.1, 0.15) is 200 Å². The molecule has 6 rings (SSSR count). The van der Waals surface area contributed by atoms with Gasteiger partial charge in [0.2, 0.25) is 0 Å². The van der Waals surface area contributed by atoms with Crippen LogP contribution in [0.15, 0.2) is 82.6 Å². The van der Waals surface area contributed by atoms with Gasteiger partial charge < -0.3 is 9.47 Å². The first kappa shape index (κ1) is 46.3. The molecule has 0 radical (unpaired) electrons. The van der Waals surface area contributed by atoms with Crippen LogP contribution in [0.25, 0.3) is 0 Å². The summed E-state index contributed by atoms with van der Waals surface area (Å²) in [5.41, 5.74) is 8.33. The van der Waals surface area contributed by atoms with Crippen molar-refractivity contribution in [1.29, 1.82) is 10.5 Å². The van der Waals surface area contributed by atoms with Gasteiger partial charge in [0.05, 0.1) is 24.3 Å². The van der Waals surface area contributed by atoms with E-state index in [9.17, 15) is 10.5 Å². The minimum Gasteiger partial charge on any atom is -0.493 e. The normalized spacial score (nSPS) is 18.9. The Morgan fingerprint density at radius 3 is 1.21 bits per heavy atom. The Balaban J connectivity index is 1.24.